The minimum absolute atomic E-state index is 0.0447. The summed E-state index contributed by atoms with van der Waals surface area (Å²) >= 11 is 0. The molecule has 1 aromatic heterocycles. The van der Waals surface area contributed by atoms with Crippen molar-refractivity contribution in [2.24, 2.45) is 10.9 Å². The number of likely N-dealkylation sites (tertiary alicyclic amines) is 1. The van der Waals surface area contributed by atoms with Crippen molar-refractivity contribution < 1.29 is 23.2 Å². The van der Waals surface area contributed by atoms with Crippen LogP contribution >= 0.6 is 0 Å². The maximum Gasteiger partial charge on any atom is 0.270 e. The molecule has 1 unspecified atom stereocenters. The van der Waals surface area contributed by atoms with E-state index in [0.717, 1.165) is 41.7 Å². The molecular formula is C36H35F2N5O3. The van der Waals surface area contributed by atoms with E-state index < -0.39 is 48.3 Å². The molecule has 0 bridgehead atoms. The van der Waals surface area contributed by atoms with Crippen LogP contribution in [-0.4, -0.2) is 65.2 Å². The fraction of sp³-hybridized carbons (Fsp3) is 0.306. The van der Waals surface area contributed by atoms with E-state index in [4.69, 9.17) is 0 Å². The normalized spacial score (nSPS) is 20.0. The number of nitrogens with one attached hydrogen (secondary N) is 2. The van der Waals surface area contributed by atoms with Crippen LogP contribution in [0.15, 0.2) is 84.4 Å². The number of hydrogen-bond acceptors (Lipinski definition) is 5. The van der Waals surface area contributed by atoms with Crippen molar-refractivity contribution in [3.8, 4) is 0 Å². The van der Waals surface area contributed by atoms with Crippen LogP contribution in [0.1, 0.15) is 58.9 Å². The fourth-order valence-corrected chi connectivity index (χ4v) is 5.77. The van der Waals surface area contributed by atoms with E-state index in [2.05, 4.69) is 45.4 Å². The molecule has 6 rings (SSSR count). The van der Waals surface area contributed by atoms with Crippen molar-refractivity contribution in [3.05, 3.63) is 108 Å². The minimum atomic E-state index is -1.39. The maximum atomic E-state index is 14.7. The molecule has 2 aliphatic heterocycles. The summed E-state index contributed by atoms with van der Waals surface area (Å²) in [5.74, 6) is -1.59. The Kier molecular flexibility index (Phi) is 9.14. The number of dihydropyridines is 1. The van der Waals surface area contributed by atoms with E-state index in [0.29, 0.717) is 23.4 Å². The average molecular weight is 624 g/mol. The monoisotopic (exact) mass is 623 g/mol. The van der Waals surface area contributed by atoms with Gasteiger partial charge in [0, 0.05) is 23.9 Å². The molecule has 1 saturated heterocycles. The van der Waals surface area contributed by atoms with Crippen LogP contribution in [0.5, 0.6) is 0 Å². The highest BCUT2D eigenvalue weighted by atomic mass is 19.1. The highest BCUT2D eigenvalue weighted by Crippen LogP contribution is 2.32. The summed E-state index contributed by atoms with van der Waals surface area (Å²) in [6.07, 6.45) is 11.6. The quantitative estimate of drug-likeness (QED) is 0.301. The summed E-state index contributed by atoms with van der Waals surface area (Å²) in [6.45, 7) is 3.97. The Labute approximate surface area is 266 Å². The Bertz CT molecular complexity index is 1780. The van der Waals surface area contributed by atoms with E-state index in [1.807, 2.05) is 24.3 Å². The van der Waals surface area contributed by atoms with Gasteiger partial charge in [-0.15, -0.1) is 6.58 Å². The number of halogens is 2. The van der Waals surface area contributed by atoms with E-state index in [1.54, 1.807) is 12.1 Å². The number of benzene rings is 2. The highest BCUT2D eigenvalue weighted by molar-refractivity contribution is 6.09. The second kappa shape index (κ2) is 13.6. The van der Waals surface area contributed by atoms with Crippen LogP contribution in [-0.2, 0) is 9.59 Å². The molecule has 0 spiro atoms. The summed E-state index contributed by atoms with van der Waals surface area (Å²) in [4.78, 5) is 49.6. The van der Waals surface area contributed by atoms with E-state index in [9.17, 15) is 23.2 Å². The first kappa shape index (κ1) is 31.0. The molecule has 3 aromatic rings. The lowest BCUT2D eigenvalue weighted by atomic mass is 9.94. The smallest absolute Gasteiger partial charge is 0.270 e. The Morgan fingerprint density at radius 1 is 1.11 bits per heavy atom. The van der Waals surface area contributed by atoms with Crippen molar-refractivity contribution in [1.29, 1.82) is 0 Å². The van der Waals surface area contributed by atoms with Gasteiger partial charge < -0.3 is 15.5 Å². The number of fused-ring (bicyclic) bond motifs is 1. The fourth-order valence-electron chi connectivity index (χ4n) is 5.77. The summed E-state index contributed by atoms with van der Waals surface area (Å²) in [5.41, 5.74) is 4.00. The van der Waals surface area contributed by atoms with E-state index >= 15 is 0 Å². The standard InChI is InChI=1S/C36H35F2N5O3/c1-2-29(28-18-25(30-5-3-4-16-39-30)11-10-23(28)9-8-22-6-7-22)42-36(46)33-19-27(38)21-43(33)34(44)20-40-35(45)32-14-12-24-17-26(37)13-15-31(24)41-32/h2-3,5,8-15,17-18,22,27,29,33H,1,4,6-7,16,19-21H2,(H,40,45)(H,42,46)/b9-8+/t27-,29+,33?/m1/s1. The molecule has 8 nitrogen and oxygen atoms in total. The molecule has 3 heterocycles. The molecule has 10 heteroatoms. The number of pyridine rings is 1. The largest absolute Gasteiger partial charge is 0.344 e. The molecule has 2 N–H and O–H groups in total. The molecule has 3 aliphatic rings. The molecule has 236 valence electrons. The zero-order valence-electron chi connectivity index (χ0n) is 25.3. The van der Waals surface area contributed by atoms with Crippen LogP contribution in [0.25, 0.3) is 17.0 Å². The van der Waals surface area contributed by atoms with Gasteiger partial charge in [-0.3, -0.25) is 19.4 Å². The summed E-state index contributed by atoms with van der Waals surface area (Å²) in [7, 11) is 0. The summed E-state index contributed by atoms with van der Waals surface area (Å²) in [6, 6.07) is 11.4. The first-order chi connectivity index (χ1) is 22.3. The molecular weight excluding hydrogens is 588 g/mol. The lowest BCUT2D eigenvalue weighted by Gasteiger charge is -2.26. The average Bonchev–Trinajstić information content (AvgIpc) is 3.83. The predicted octanol–water partition coefficient (Wildman–Crippen LogP) is 5.26. The van der Waals surface area contributed by atoms with Crippen molar-refractivity contribution in [2.75, 3.05) is 19.6 Å². The maximum absolute atomic E-state index is 14.7. The van der Waals surface area contributed by atoms with Gasteiger partial charge in [-0.2, -0.15) is 0 Å². The molecule has 2 aromatic carbocycles. The van der Waals surface area contributed by atoms with Gasteiger partial charge in [-0.25, -0.2) is 13.8 Å². The van der Waals surface area contributed by atoms with Crippen LogP contribution in [0, 0.1) is 11.7 Å². The van der Waals surface area contributed by atoms with Crippen molar-refractivity contribution >= 4 is 40.4 Å². The van der Waals surface area contributed by atoms with E-state index in [1.165, 1.54) is 29.2 Å². The van der Waals surface area contributed by atoms with Gasteiger partial charge in [0.15, 0.2) is 0 Å². The number of amides is 3. The number of aliphatic imine (C=N–C) groups is 1. The van der Waals surface area contributed by atoms with Gasteiger partial charge in [0.25, 0.3) is 5.91 Å². The zero-order valence-corrected chi connectivity index (χ0v) is 25.3. The van der Waals surface area contributed by atoms with Gasteiger partial charge in [-0.1, -0.05) is 42.5 Å². The third kappa shape index (κ3) is 7.11. The summed E-state index contributed by atoms with van der Waals surface area (Å²) < 4.78 is 28.2. The van der Waals surface area contributed by atoms with Crippen molar-refractivity contribution in [3.63, 3.8) is 0 Å². The number of rotatable bonds is 10. The Morgan fingerprint density at radius 3 is 2.72 bits per heavy atom. The van der Waals surface area contributed by atoms with Crippen LogP contribution in [0.3, 0.4) is 0 Å². The van der Waals surface area contributed by atoms with Gasteiger partial charge in [0.1, 0.15) is 23.7 Å². The molecule has 1 saturated carbocycles. The Hall–Kier alpha value is -4.99. The Balaban J connectivity index is 1.15. The van der Waals surface area contributed by atoms with Crippen molar-refractivity contribution in [2.45, 2.75) is 43.9 Å². The first-order valence-electron chi connectivity index (χ1n) is 15.5. The number of alkyl halides is 1. The number of carbonyl (C=O) groups is 3. The zero-order chi connectivity index (χ0) is 32.2. The van der Waals surface area contributed by atoms with Crippen molar-refractivity contribution in [1.82, 2.24) is 20.5 Å². The number of aromatic nitrogens is 1. The molecule has 3 atom stereocenters. The third-order valence-electron chi connectivity index (χ3n) is 8.43. The third-order valence-corrected chi connectivity index (χ3v) is 8.43. The SMILES string of the molecule is C=C[C@H](NC(=O)C1C[C@@H](F)CN1C(=O)CNC(=O)c1ccc2cc(F)ccc2n1)c1cc(C2=NCCC=C2)ccc1/C=C/C1CC1. The highest BCUT2D eigenvalue weighted by Gasteiger charge is 2.40. The van der Waals surface area contributed by atoms with Gasteiger partial charge in [0.05, 0.1) is 30.4 Å². The van der Waals surface area contributed by atoms with Gasteiger partial charge in [0.2, 0.25) is 11.8 Å². The second-order valence-corrected chi connectivity index (χ2v) is 11.8. The number of allylic oxidation sites excluding steroid dienone is 2. The van der Waals surface area contributed by atoms with Gasteiger partial charge in [-0.05, 0) is 72.7 Å². The molecule has 2 fully saturated rings. The molecule has 1 aliphatic carbocycles. The van der Waals surface area contributed by atoms with Gasteiger partial charge >= 0.3 is 0 Å². The number of carbonyl (C=O) groups excluding carboxylic acids is 3. The van der Waals surface area contributed by atoms with Crippen LogP contribution in [0.2, 0.25) is 0 Å². The molecule has 3 amide bonds. The second-order valence-electron chi connectivity index (χ2n) is 11.8. The lowest BCUT2D eigenvalue weighted by molar-refractivity contribution is -0.137. The predicted molar refractivity (Wildman–Crippen MR) is 173 cm³/mol. The van der Waals surface area contributed by atoms with E-state index in [-0.39, 0.29) is 18.7 Å². The van der Waals surface area contributed by atoms with Crippen LogP contribution < -0.4 is 10.6 Å². The molecule has 46 heavy (non-hydrogen) atoms. The number of hydrogen-bond donors (Lipinski definition) is 2. The Morgan fingerprint density at radius 2 is 1.96 bits per heavy atom. The minimum Gasteiger partial charge on any atom is -0.344 e. The summed E-state index contributed by atoms with van der Waals surface area (Å²) in [5, 5.41) is 6.03. The van der Waals surface area contributed by atoms with Crippen LogP contribution in [0.4, 0.5) is 8.78 Å². The lowest BCUT2D eigenvalue weighted by Crippen LogP contribution is -2.49. The first-order valence-corrected chi connectivity index (χ1v) is 15.5. The molecule has 0 radical (unpaired) electrons. The topological polar surface area (TPSA) is 104 Å². The number of nitrogens with zero attached hydrogens (tertiary/aromatic N) is 3.